The van der Waals surface area contributed by atoms with Crippen molar-refractivity contribution >= 4 is 17.7 Å². The highest BCUT2D eigenvalue weighted by Crippen LogP contribution is 2.53. The van der Waals surface area contributed by atoms with Gasteiger partial charge in [-0.2, -0.15) is 0 Å². The van der Waals surface area contributed by atoms with Gasteiger partial charge in [0.15, 0.2) is 0 Å². The minimum atomic E-state index is -1.14. The van der Waals surface area contributed by atoms with Crippen LogP contribution in [-0.2, 0) is 23.9 Å². The first kappa shape index (κ1) is 14.8. The van der Waals surface area contributed by atoms with E-state index in [1.54, 1.807) is 6.92 Å². The summed E-state index contributed by atoms with van der Waals surface area (Å²) in [5.41, 5.74) is -0.317. The number of nitrogens with zero attached hydrogens (tertiary/aromatic N) is 1. The summed E-state index contributed by atoms with van der Waals surface area (Å²) in [5.74, 6) is -1.06. The van der Waals surface area contributed by atoms with Crippen molar-refractivity contribution in [3.05, 3.63) is 0 Å². The van der Waals surface area contributed by atoms with Crippen molar-refractivity contribution < 1.29 is 23.9 Å². The molecule has 112 valence electrons. The van der Waals surface area contributed by atoms with Crippen LogP contribution in [0.15, 0.2) is 5.16 Å². The van der Waals surface area contributed by atoms with Crippen molar-refractivity contribution in [3.8, 4) is 0 Å². The van der Waals surface area contributed by atoms with Gasteiger partial charge in [0.2, 0.25) is 5.60 Å². The van der Waals surface area contributed by atoms with Crippen molar-refractivity contribution in [2.24, 2.45) is 22.9 Å². The minimum Gasteiger partial charge on any atom is -0.469 e. The van der Waals surface area contributed by atoms with E-state index in [4.69, 9.17) is 14.3 Å². The second-order valence-electron chi connectivity index (χ2n) is 5.59. The summed E-state index contributed by atoms with van der Waals surface area (Å²) in [6.45, 7) is 6.01. The van der Waals surface area contributed by atoms with Gasteiger partial charge in [-0.15, -0.1) is 0 Å². The Balaban J connectivity index is 2.17. The van der Waals surface area contributed by atoms with Crippen LogP contribution in [0.2, 0.25) is 0 Å². The molecule has 6 heteroatoms. The molecule has 0 radical (unpaired) electrons. The quantitative estimate of drug-likeness (QED) is 0.715. The van der Waals surface area contributed by atoms with Gasteiger partial charge in [-0.1, -0.05) is 19.0 Å². The summed E-state index contributed by atoms with van der Waals surface area (Å²) in [5, 5.41) is 4.04. The van der Waals surface area contributed by atoms with Gasteiger partial charge in [-0.05, 0) is 19.3 Å². The fraction of sp³-hybridized carbons (Fsp3) is 0.786. The molecule has 2 aliphatic rings. The Kier molecular flexibility index (Phi) is 4.01. The lowest BCUT2D eigenvalue weighted by Crippen LogP contribution is -2.44. The van der Waals surface area contributed by atoms with Crippen LogP contribution in [0.25, 0.3) is 0 Å². The van der Waals surface area contributed by atoms with Crippen LogP contribution in [0.5, 0.6) is 0 Å². The first-order valence-corrected chi connectivity index (χ1v) is 6.96. The Bertz CT molecular complexity index is 445. The molecule has 6 nitrogen and oxygen atoms in total. The second kappa shape index (κ2) is 5.42. The molecule has 1 aliphatic heterocycles. The number of hydrogen-bond acceptors (Lipinski definition) is 6. The number of esters is 2. The third-order valence-corrected chi connectivity index (χ3v) is 3.95. The first-order chi connectivity index (χ1) is 9.46. The van der Waals surface area contributed by atoms with Crippen LogP contribution >= 0.6 is 0 Å². The van der Waals surface area contributed by atoms with Crippen LogP contribution in [0.1, 0.15) is 33.6 Å². The molecule has 20 heavy (non-hydrogen) atoms. The SMILES string of the molecule is CCOC(=O)C1(C2CC2C(=O)OC)CC(C(C)C)=NO1. The van der Waals surface area contributed by atoms with Crippen LogP contribution in [0.4, 0.5) is 0 Å². The number of hydrogen-bond donors (Lipinski definition) is 0. The van der Waals surface area contributed by atoms with Crippen molar-refractivity contribution in [2.45, 2.75) is 39.2 Å². The van der Waals surface area contributed by atoms with Gasteiger partial charge in [0, 0.05) is 12.3 Å². The first-order valence-electron chi connectivity index (χ1n) is 6.96. The molecule has 0 aromatic carbocycles. The van der Waals surface area contributed by atoms with E-state index in [0.29, 0.717) is 12.8 Å². The zero-order chi connectivity index (χ0) is 14.9. The number of carbonyl (C=O) groups is 2. The van der Waals surface area contributed by atoms with Gasteiger partial charge in [-0.25, -0.2) is 4.79 Å². The predicted molar refractivity (Wildman–Crippen MR) is 71.0 cm³/mol. The standard InChI is InChI=1S/C14H21NO5/c1-5-19-13(17)14(7-11(8(2)3)15-20-14)10-6-9(10)12(16)18-4/h8-10H,5-7H2,1-4H3. The Hall–Kier alpha value is -1.59. The molecule has 0 N–H and O–H groups in total. The van der Waals surface area contributed by atoms with Gasteiger partial charge in [0.1, 0.15) is 0 Å². The highest BCUT2D eigenvalue weighted by atomic mass is 16.7. The molecule has 3 unspecified atom stereocenters. The summed E-state index contributed by atoms with van der Waals surface area (Å²) >= 11 is 0. The van der Waals surface area contributed by atoms with Gasteiger partial charge in [0.25, 0.3) is 0 Å². The van der Waals surface area contributed by atoms with Crippen LogP contribution < -0.4 is 0 Å². The van der Waals surface area contributed by atoms with E-state index in [9.17, 15) is 9.59 Å². The molecule has 0 spiro atoms. The maximum Gasteiger partial charge on any atom is 0.354 e. The Morgan fingerprint density at radius 1 is 1.50 bits per heavy atom. The van der Waals surface area contributed by atoms with E-state index in [1.165, 1.54) is 7.11 Å². The topological polar surface area (TPSA) is 74.2 Å². The number of oxime groups is 1. The van der Waals surface area contributed by atoms with Gasteiger partial charge < -0.3 is 14.3 Å². The number of ether oxygens (including phenoxy) is 2. The molecule has 0 aromatic rings. The fourth-order valence-electron chi connectivity index (χ4n) is 2.62. The maximum atomic E-state index is 12.3. The Morgan fingerprint density at radius 3 is 2.70 bits per heavy atom. The number of rotatable bonds is 5. The third kappa shape index (κ3) is 2.39. The van der Waals surface area contributed by atoms with E-state index in [1.807, 2.05) is 13.8 Å². The molecule has 2 rings (SSSR count). The average Bonchev–Trinajstić information content (AvgIpc) is 3.09. The summed E-state index contributed by atoms with van der Waals surface area (Å²) < 4.78 is 9.87. The highest BCUT2D eigenvalue weighted by molar-refractivity contribution is 5.96. The highest BCUT2D eigenvalue weighted by Gasteiger charge is 2.65. The molecule has 1 saturated carbocycles. The molecule has 1 heterocycles. The lowest BCUT2D eigenvalue weighted by molar-refractivity contribution is -0.173. The van der Waals surface area contributed by atoms with E-state index in [-0.39, 0.29) is 30.3 Å². The van der Waals surface area contributed by atoms with Crippen molar-refractivity contribution in [3.63, 3.8) is 0 Å². The summed E-state index contributed by atoms with van der Waals surface area (Å²) in [6, 6.07) is 0. The number of methoxy groups -OCH3 is 1. The van der Waals surface area contributed by atoms with Crippen LogP contribution in [0.3, 0.4) is 0 Å². The van der Waals surface area contributed by atoms with Gasteiger partial charge >= 0.3 is 11.9 Å². The lowest BCUT2D eigenvalue weighted by Gasteiger charge is -2.24. The summed E-state index contributed by atoms with van der Waals surface area (Å²) in [4.78, 5) is 29.4. The van der Waals surface area contributed by atoms with E-state index in [0.717, 1.165) is 5.71 Å². The zero-order valence-corrected chi connectivity index (χ0v) is 12.3. The van der Waals surface area contributed by atoms with Crippen molar-refractivity contribution in [2.75, 3.05) is 13.7 Å². The molecule has 0 bridgehead atoms. The Labute approximate surface area is 118 Å². The average molecular weight is 283 g/mol. The summed E-state index contributed by atoms with van der Waals surface area (Å²) in [7, 11) is 1.35. The van der Waals surface area contributed by atoms with Gasteiger partial charge in [0.05, 0.1) is 25.3 Å². The number of carbonyl (C=O) groups excluding carboxylic acids is 2. The molecular weight excluding hydrogens is 262 g/mol. The monoisotopic (exact) mass is 283 g/mol. The van der Waals surface area contributed by atoms with Crippen molar-refractivity contribution in [1.29, 1.82) is 0 Å². The maximum absolute atomic E-state index is 12.3. The minimum absolute atomic E-state index is 0.196. The zero-order valence-electron chi connectivity index (χ0n) is 12.3. The van der Waals surface area contributed by atoms with Crippen molar-refractivity contribution in [1.82, 2.24) is 0 Å². The molecule has 0 saturated heterocycles. The van der Waals surface area contributed by atoms with E-state index in [2.05, 4.69) is 5.16 Å². The largest absolute Gasteiger partial charge is 0.469 e. The van der Waals surface area contributed by atoms with Crippen LogP contribution in [0, 0.1) is 17.8 Å². The molecule has 0 aromatic heterocycles. The smallest absolute Gasteiger partial charge is 0.354 e. The molecular formula is C14H21NO5. The van der Waals surface area contributed by atoms with Crippen LogP contribution in [-0.4, -0.2) is 37.0 Å². The molecule has 3 atom stereocenters. The van der Waals surface area contributed by atoms with Gasteiger partial charge in [-0.3, -0.25) is 4.79 Å². The summed E-state index contributed by atoms with van der Waals surface area (Å²) in [6.07, 6.45) is 0.966. The third-order valence-electron chi connectivity index (χ3n) is 3.95. The van der Waals surface area contributed by atoms with E-state index < -0.39 is 11.6 Å². The second-order valence-corrected chi connectivity index (χ2v) is 5.59. The Morgan fingerprint density at radius 2 is 2.20 bits per heavy atom. The fourth-order valence-corrected chi connectivity index (χ4v) is 2.62. The predicted octanol–water partition coefficient (Wildman–Crippen LogP) is 1.53. The molecule has 1 aliphatic carbocycles. The lowest BCUT2D eigenvalue weighted by atomic mass is 9.87. The molecule has 1 fully saturated rings. The molecule has 0 amide bonds. The normalized spacial score (nSPS) is 31.6. The van der Waals surface area contributed by atoms with E-state index >= 15 is 0 Å².